The molecule has 0 radical (unpaired) electrons. The van der Waals surface area contributed by atoms with Gasteiger partial charge in [0.2, 0.25) is 0 Å². The normalized spacial score (nSPS) is 12.4. The number of hydrogen-bond donors (Lipinski definition) is 1. The molecule has 0 saturated carbocycles. The standard InChI is InChI=1S/C12H11BBrNO/c13-10-6-9(14)7-15-11(10)12(16)8-4-2-1-3-5-8/h1-7,12,16H,13H2. The van der Waals surface area contributed by atoms with Crippen molar-refractivity contribution in [3.63, 3.8) is 0 Å². The highest BCUT2D eigenvalue weighted by atomic mass is 79.9. The van der Waals surface area contributed by atoms with Gasteiger partial charge in [-0.25, -0.2) is 0 Å². The van der Waals surface area contributed by atoms with Gasteiger partial charge in [-0.2, -0.15) is 0 Å². The van der Waals surface area contributed by atoms with Crippen molar-refractivity contribution in [3.05, 3.63) is 58.3 Å². The lowest BCUT2D eigenvalue weighted by atomic mass is 9.90. The van der Waals surface area contributed by atoms with Crippen LogP contribution in [0, 0.1) is 0 Å². The molecule has 16 heavy (non-hydrogen) atoms. The molecule has 0 aliphatic carbocycles. The summed E-state index contributed by atoms with van der Waals surface area (Å²) in [7, 11) is 1.94. The summed E-state index contributed by atoms with van der Waals surface area (Å²) in [6.45, 7) is 0. The van der Waals surface area contributed by atoms with Gasteiger partial charge in [-0.1, -0.05) is 41.9 Å². The Balaban J connectivity index is 2.38. The van der Waals surface area contributed by atoms with Gasteiger partial charge in [0, 0.05) is 10.7 Å². The summed E-state index contributed by atoms with van der Waals surface area (Å²) in [5.74, 6) is 0. The highest BCUT2D eigenvalue weighted by molar-refractivity contribution is 9.10. The molecule has 80 valence electrons. The summed E-state index contributed by atoms with van der Waals surface area (Å²) < 4.78 is 0.925. The number of hydrogen-bond acceptors (Lipinski definition) is 2. The van der Waals surface area contributed by atoms with E-state index in [1.54, 1.807) is 6.20 Å². The molecule has 0 spiro atoms. The topological polar surface area (TPSA) is 33.1 Å². The van der Waals surface area contributed by atoms with E-state index >= 15 is 0 Å². The van der Waals surface area contributed by atoms with Gasteiger partial charge in [0.25, 0.3) is 0 Å². The first-order chi connectivity index (χ1) is 7.68. The predicted octanol–water partition coefficient (Wildman–Crippen LogP) is 1.18. The molecule has 0 aliphatic heterocycles. The van der Waals surface area contributed by atoms with Crippen LogP contribution in [-0.4, -0.2) is 17.9 Å². The van der Waals surface area contributed by atoms with E-state index in [-0.39, 0.29) is 0 Å². The molecule has 2 nitrogen and oxygen atoms in total. The van der Waals surface area contributed by atoms with Gasteiger partial charge < -0.3 is 5.11 Å². The van der Waals surface area contributed by atoms with E-state index in [4.69, 9.17) is 0 Å². The van der Waals surface area contributed by atoms with Gasteiger partial charge in [0.15, 0.2) is 0 Å². The minimum absolute atomic E-state index is 0.658. The van der Waals surface area contributed by atoms with Crippen LogP contribution in [0.2, 0.25) is 0 Å². The first kappa shape index (κ1) is 11.4. The number of benzene rings is 1. The average Bonchev–Trinajstić information content (AvgIpc) is 2.29. The molecule has 1 aromatic heterocycles. The van der Waals surface area contributed by atoms with Gasteiger partial charge in [0.1, 0.15) is 14.0 Å². The van der Waals surface area contributed by atoms with Crippen LogP contribution in [0.25, 0.3) is 0 Å². The number of halogens is 1. The van der Waals surface area contributed by atoms with Crippen LogP contribution in [0.15, 0.2) is 47.1 Å². The first-order valence-electron chi connectivity index (χ1n) is 5.03. The van der Waals surface area contributed by atoms with Crippen LogP contribution in [0.4, 0.5) is 0 Å². The highest BCUT2D eigenvalue weighted by Gasteiger charge is 2.13. The lowest BCUT2D eigenvalue weighted by Crippen LogP contribution is -2.17. The molecule has 1 heterocycles. The Hall–Kier alpha value is -1.13. The van der Waals surface area contributed by atoms with Crippen molar-refractivity contribution in [1.82, 2.24) is 4.98 Å². The Kier molecular flexibility index (Phi) is 3.41. The summed E-state index contributed by atoms with van der Waals surface area (Å²) in [5.41, 5.74) is 2.54. The number of aromatic nitrogens is 1. The first-order valence-corrected chi connectivity index (χ1v) is 5.83. The molecule has 0 amide bonds. The van der Waals surface area contributed by atoms with Crippen LogP contribution in [0.5, 0.6) is 0 Å². The maximum Gasteiger partial charge on any atom is 0.141 e. The SMILES string of the molecule is Bc1cc(Br)cnc1C(O)c1ccccc1. The smallest absolute Gasteiger partial charge is 0.141 e. The molecular weight excluding hydrogens is 265 g/mol. The van der Waals surface area contributed by atoms with Crippen molar-refractivity contribution in [2.24, 2.45) is 0 Å². The largest absolute Gasteiger partial charge is 0.382 e. The van der Waals surface area contributed by atoms with Gasteiger partial charge in [-0.15, -0.1) is 0 Å². The van der Waals surface area contributed by atoms with Gasteiger partial charge in [-0.05, 0) is 21.5 Å². The van der Waals surface area contributed by atoms with E-state index in [0.29, 0.717) is 5.69 Å². The van der Waals surface area contributed by atoms with Crippen molar-refractivity contribution >= 4 is 29.2 Å². The van der Waals surface area contributed by atoms with Crippen LogP contribution >= 0.6 is 15.9 Å². The Labute approximate surface area is 104 Å². The molecule has 0 aliphatic rings. The van der Waals surface area contributed by atoms with Gasteiger partial charge >= 0.3 is 0 Å². The Bertz CT molecular complexity index is 490. The van der Waals surface area contributed by atoms with Crippen molar-refractivity contribution in [3.8, 4) is 0 Å². The summed E-state index contributed by atoms with van der Waals surface area (Å²) in [6, 6.07) is 11.5. The van der Waals surface area contributed by atoms with Crippen molar-refractivity contribution < 1.29 is 5.11 Å². The Morgan fingerprint density at radius 3 is 2.56 bits per heavy atom. The molecule has 0 bridgehead atoms. The second-order valence-corrected chi connectivity index (χ2v) is 4.58. The van der Waals surface area contributed by atoms with Crippen LogP contribution in [0.3, 0.4) is 0 Å². The van der Waals surface area contributed by atoms with Crippen LogP contribution < -0.4 is 5.46 Å². The molecule has 0 saturated heterocycles. The molecule has 4 heteroatoms. The van der Waals surface area contributed by atoms with E-state index in [1.165, 1.54) is 0 Å². The Morgan fingerprint density at radius 1 is 1.25 bits per heavy atom. The van der Waals surface area contributed by atoms with E-state index < -0.39 is 6.10 Å². The zero-order chi connectivity index (χ0) is 11.5. The molecule has 1 N–H and O–H groups in total. The fourth-order valence-electron chi connectivity index (χ4n) is 1.63. The molecule has 1 unspecified atom stereocenters. The van der Waals surface area contributed by atoms with Crippen molar-refractivity contribution in [2.75, 3.05) is 0 Å². The number of pyridine rings is 1. The quantitative estimate of drug-likeness (QED) is 0.836. The van der Waals surface area contributed by atoms with E-state index in [2.05, 4.69) is 20.9 Å². The fourth-order valence-corrected chi connectivity index (χ4v) is 2.08. The minimum atomic E-state index is -0.658. The van der Waals surface area contributed by atoms with E-state index in [0.717, 1.165) is 15.5 Å². The third-order valence-electron chi connectivity index (χ3n) is 2.46. The molecule has 1 atom stereocenters. The molecule has 1 aromatic carbocycles. The number of aliphatic hydroxyl groups is 1. The van der Waals surface area contributed by atoms with Crippen LogP contribution in [-0.2, 0) is 0 Å². The molecule has 2 aromatic rings. The summed E-state index contributed by atoms with van der Waals surface area (Å²) >= 11 is 3.36. The Morgan fingerprint density at radius 2 is 1.94 bits per heavy atom. The predicted molar refractivity (Wildman–Crippen MR) is 70.6 cm³/mol. The third kappa shape index (κ3) is 2.34. The molecule has 2 rings (SSSR count). The minimum Gasteiger partial charge on any atom is -0.382 e. The summed E-state index contributed by atoms with van der Waals surface area (Å²) in [6.07, 6.45) is 1.04. The van der Waals surface area contributed by atoms with Crippen molar-refractivity contribution in [1.29, 1.82) is 0 Å². The van der Waals surface area contributed by atoms with E-state index in [1.807, 2.05) is 44.2 Å². The average molecular weight is 276 g/mol. The lowest BCUT2D eigenvalue weighted by molar-refractivity contribution is 0.216. The zero-order valence-corrected chi connectivity index (χ0v) is 10.5. The number of nitrogens with zero attached hydrogens (tertiary/aromatic N) is 1. The zero-order valence-electron chi connectivity index (χ0n) is 8.89. The molecule has 0 fully saturated rings. The second kappa shape index (κ2) is 4.81. The van der Waals surface area contributed by atoms with E-state index in [9.17, 15) is 5.11 Å². The number of aliphatic hydroxyl groups excluding tert-OH is 1. The third-order valence-corrected chi connectivity index (χ3v) is 2.89. The monoisotopic (exact) mass is 275 g/mol. The van der Waals surface area contributed by atoms with Gasteiger partial charge in [-0.3, -0.25) is 4.98 Å². The number of rotatable bonds is 2. The maximum atomic E-state index is 10.2. The highest BCUT2D eigenvalue weighted by Crippen LogP contribution is 2.19. The maximum absolute atomic E-state index is 10.2. The second-order valence-electron chi connectivity index (χ2n) is 3.67. The lowest BCUT2D eigenvalue weighted by Gasteiger charge is -2.13. The fraction of sp³-hybridized carbons (Fsp3) is 0.0833. The summed E-state index contributed by atoms with van der Waals surface area (Å²) in [5, 5.41) is 10.2. The van der Waals surface area contributed by atoms with Gasteiger partial charge in [0.05, 0.1) is 5.69 Å². The van der Waals surface area contributed by atoms with Crippen molar-refractivity contribution in [2.45, 2.75) is 6.10 Å². The van der Waals surface area contributed by atoms with Crippen LogP contribution in [0.1, 0.15) is 17.4 Å². The molecular formula is C12H11BBrNO. The summed E-state index contributed by atoms with van der Waals surface area (Å²) in [4.78, 5) is 4.26.